The normalized spacial score (nSPS) is 17.9. The van der Waals surface area contributed by atoms with E-state index < -0.39 is 0 Å². The lowest BCUT2D eigenvalue weighted by Crippen LogP contribution is -2.30. The Balaban J connectivity index is 2.16. The molecule has 3 N–H and O–H groups in total. The number of nitrogens with two attached hydrogens (primary N) is 1. The second-order valence-corrected chi connectivity index (χ2v) is 4.64. The van der Waals surface area contributed by atoms with E-state index in [2.05, 4.69) is 5.32 Å². The maximum absolute atomic E-state index is 5.89. The van der Waals surface area contributed by atoms with Gasteiger partial charge >= 0.3 is 0 Å². The third kappa shape index (κ3) is 2.14. The van der Waals surface area contributed by atoms with Crippen molar-refractivity contribution in [3.8, 4) is 0 Å². The fourth-order valence-electron chi connectivity index (χ4n) is 1.46. The lowest BCUT2D eigenvalue weighted by molar-refractivity contribution is 0.742. The van der Waals surface area contributed by atoms with Crippen LogP contribution < -0.4 is 11.1 Å². The van der Waals surface area contributed by atoms with Crippen LogP contribution in [0.4, 0.5) is 5.69 Å². The average molecular weight is 231 g/mol. The molecule has 0 atom stereocenters. The molecule has 2 nitrogen and oxygen atoms in total. The molecule has 0 radical (unpaired) electrons. The second-order valence-electron chi connectivity index (χ2n) is 3.77. The number of rotatable bonds is 3. The van der Waals surface area contributed by atoms with Gasteiger partial charge in [0.15, 0.2) is 0 Å². The minimum Gasteiger partial charge on any atom is -0.378 e. The highest BCUT2D eigenvalue weighted by Gasteiger charge is 2.41. The monoisotopic (exact) mass is 230 g/mol. The van der Waals surface area contributed by atoms with E-state index in [-0.39, 0.29) is 5.54 Å². The van der Waals surface area contributed by atoms with Gasteiger partial charge in [-0.25, -0.2) is 0 Å². The summed E-state index contributed by atoms with van der Waals surface area (Å²) in [5.74, 6) is 0. The Morgan fingerprint density at radius 1 is 1.21 bits per heavy atom. The topological polar surface area (TPSA) is 38.0 Å². The average Bonchev–Trinajstić information content (AvgIpc) is 2.83. The van der Waals surface area contributed by atoms with Gasteiger partial charge in [-0.15, -0.1) is 0 Å². The Morgan fingerprint density at radius 2 is 1.79 bits per heavy atom. The van der Waals surface area contributed by atoms with Crippen molar-refractivity contribution in [3.05, 3.63) is 28.2 Å². The summed E-state index contributed by atoms with van der Waals surface area (Å²) in [5.41, 5.74) is 6.71. The van der Waals surface area contributed by atoms with Crippen LogP contribution >= 0.6 is 23.2 Å². The van der Waals surface area contributed by atoms with Crippen molar-refractivity contribution in [1.82, 2.24) is 0 Å². The van der Waals surface area contributed by atoms with Crippen LogP contribution in [0.1, 0.15) is 12.8 Å². The molecule has 1 aliphatic carbocycles. The van der Waals surface area contributed by atoms with Crippen molar-refractivity contribution in [2.24, 2.45) is 5.73 Å². The van der Waals surface area contributed by atoms with Crippen LogP contribution in [0.25, 0.3) is 0 Å². The van der Waals surface area contributed by atoms with E-state index in [1.165, 1.54) is 0 Å². The summed E-state index contributed by atoms with van der Waals surface area (Å²) < 4.78 is 0. The minimum absolute atomic E-state index is 0.0913. The van der Waals surface area contributed by atoms with Crippen LogP contribution in [0.5, 0.6) is 0 Å². The summed E-state index contributed by atoms with van der Waals surface area (Å²) in [7, 11) is 0. The van der Waals surface area contributed by atoms with Gasteiger partial charge < -0.3 is 11.1 Å². The van der Waals surface area contributed by atoms with Crippen LogP contribution in [0.3, 0.4) is 0 Å². The molecule has 2 rings (SSSR count). The quantitative estimate of drug-likeness (QED) is 0.839. The number of halogens is 2. The van der Waals surface area contributed by atoms with Gasteiger partial charge in [0.25, 0.3) is 0 Å². The molecule has 76 valence electrons. The molecule has 14 heavy (non-hydrogen) atoms. The number of hydrogen-bond donors (Lipinski definition) is 2. The van der Waals surface area contributed by atoms with Crippen LogP contribution in [-0.4, -0.2) is 12.1 Å². The molecule has 0 aromatic heterocycles. The summed E-state index contributed by atoms with van der Waals surface area (Å²) in [6.07, 6.45) is 2.24. The number of benzene rings is 1. The smallest absolute Gasteiger partial charge is 0.0497 e. The van der Waals surface area contributed by atoms with Crippen molar-refractivity contribution < 1.29 is 0 Å². The molecule has 1 saturated carbocycles. The number of hydrogen-bond acceptors (Lipinski definition) is 2. The highest BCUT2D eigenvalue weighted by Crippen LogP contribution is 2.38. The van der Waals surface area contributed by atoms with Gasteiger partial charge in [0.1, 0.15) is 0 Å². The van der Waals surface area contributed by atoms with Crippen molar-refractivity contribution in [3.63, 3.8) is 0 Å². The fourth-order valence-corrected chi connectivity index (χ4v) is 1.99. The summed E-state index contributed by atoms with van der Waals surface area (Å²) in [4.78, 5) is 0. The first-order valence-electron chi connectivity index (χ1n) is 4.58. The first-order valence-corrected chi connectivity index (χ1v) is 5.33. The molecule has 4 heteroatoms. The Morgan fingerprint density at radius 3 is 2.21 bits per heavy atom. The first-order chi connectivity index (χ1) is 6.63. The van der Waals surface area contributed by atoms with Crippen LogP contribution in [-0.2, 0) is 0 Å². The van der Waals surface area contributed by atoms with E-state index in [0.717, 1.165) is 18.5 Å². The van der Waals surface area contributed by atoms with Gasteiger partial charge in [0.05, 0.1) is 0 Å². The molecule has 1 fully saturated rings. The SMILES string of the molecule is NCC1(Nc2cc(Cl)cc(Cl)c2)CC1. The maximum Gasteiger partial charge on any atom is 0.0497 e. The van der Waals surface area contributed by atoms with Crippen LogP contribution in [0.15, 0.2) is 18.2 Å². The van der Waals surface area contributed by atoms with E-state index in [1.807, 2.05) is 12.1 Å². The molecule has 0 bridgehead atoms. The van der Waals surface area contributed by atoms with Gasteiger partial charge in [-0.05, 0) is 31.0 Å². The zero-order valence-corrected chi connectivity index (χ0v) is 9.20. The molecule has 0 amide bonds. The van der Waals surface area contributed by atoms with E-state index >= 15 is 0 Å². The fraction of sp³-hybridized carbons (Fsp3) is 0.400. The van der Waals surface area contributed by atoms with Crippen molar-refractivity contribution in [1.29, 1.82) is 0 Å². The molecule has 0 unspecified atom stereocenters. The first kappa shape index (κ1) is 10.1. The number of nitrogens with one attached hydrogen (secondary N) is 1. The van der Waals surface area contributed by atoms with Gasteiger partial charge in [0.2, 0.25) is 0 Å². The van der Waals surface area contributed by atoms with E-state index in [1.54, 1.807) is 6.07 Å². The summed E-state index contributed by atoms with van der Waals surface area (Å²) in [6, 6.07) is 5.45. The van der Waals surface area contributed by atoms with Gasteiger partial charge in [-0.2, -0.15) is 0 Å². The third-order valence-electron chi connectivity index (χ3n) is 2.52. The predicted octanol–water partition coefficient (Wildman–Crippen LogP) is 2.90. The maximum atomic E-state index is 5.89. The summed E-state index contributed by atoms with van der Waals surface area (Å²) in [6.45, 7) is 0.650. The Hall–Kier alpha value is -0.440. The van der Waals surface area contributed by atoms with Crippen molar-refractivity contribution >= 4 is 28.9 Å². The summed E-state index contributed by atoms with van der Waals surface area (Å²) in [5, 5.41) is 4.66. The Labute approximate surface area is 93.4 Å². The van der Waals surface area contributed by atoms with Crippen LogP contribution in [0.2, 0.25) is 10.0 Å². The lowest BCUT2D eigenvalue weighted by Gasteiger charge is -2.16. The molecule has 1 aromatic carbocycles. The molecular weight excluding hydrogens is 219 g/mol. The molecule has 0 aliphatic heterocycles. The molecule has 0 heterocycles. The molecule has 1 aliphatic rings. The van der Waals surface area contributed by atoms with E-state index in [9.17, 15) is 0 Å². The second kappa shape index (κ2) is 3.61. The largest absolute Gasteiger partial charge is 0.378 e. The Bertz CT molecular complexity index is 328. The van der Waals surface area contributed by atoms with Gasteiger partial charge in [0, 0.05) is 27.8 Å². The highest BCUT2D eigenvalue weighted by atomic mass is 35.5. The minimum atomic E-state index is 0.0913. The predicted molar refractivity (Wildman–Crippen MR) is 61.1 cm³/mol. The molecule has 0 spiro atoms. The zero-order valence-electron chi connectivity index (χ0n) is 7.69. The van der Waals surface area contributed by atoms with E-state index in [0.29, 0.717) is 16.6 Å². The molecule has 0 saturated heterocycles. The number of anilines is 1. The van der Waals surface area contributed by atoms with Crippen molar-refractivity contribution in [2.45, 2.75) is 18.4 Å². The van der Waals surface area contributed by atoms with E-state index in [4.69, 9.17) is 28.9 Å². The van der Waals surface area contributed by atoms with Gasteiger partial charge in [-0.3, -0.25) is 0 Å². The lowest BCUT2D eigenvalue weighted by atomic mass is 10.2. The highest BCUT2D eigenvalue weighted by molar-refractivity contribution is 6.35. The van der Waals surface area contributed by atoms with Gasteiger partial charge in [-0.1, -0.05) is 23.2 Å². The molecular formula is C10H12Cl2N2. The Kier molecular flexibility index (Phi) is 2.60. The van der Waals surface area contributed by atoms with Crippen LogP contribution in [0, 0.1) is 0 Å². The zero-order chi connectivity index (χ0) is 10.2. The van der Waals surface area contributed by atoms with Crippen molar-refractivity contribution in [2.75, 3.05) is 11.9 Å². The molecule has 1 aromatic rings. The third-order valence-corrected chi connectivity index (χ3v) is 2.95. The standard InChI is InChI=1S/C10H12Cl2N2/c11-7-3-8(12)5-9(4-7)14-10(6-13)1-2-10/h3-5,14H,1-2,6,13H2. The summed E-state index contributed by atoms with van der Waals surface area (Å²) >= 11 is 11.8.